The second kappa shape index (κ2) is 10.2. The Kier molecular flexibility index (Phi) is 7.07. The van der Waals surface area contributed by atoms with Crippen molar-refractivity contribution in [3.8, 4) is 17.2 Å². The van der Waals surface area contributed by atoms with Gasteiger partial charge in [0, 0.05) is 5.56 Å². The Hall–Kier alpha value is -3.85. The molecule has 1 aliphatic rings. The summed E-state index contributed by atoms with van der Waals surface area (Å²) in [4.78, 5) is 31.8. The third kappa shape index (κ3) is 4.59. The predicted octanol–water partition coefficient (Wildman–Crippen LogP) is 2.82. The third-order valence-corrected chi connectivity index (χ3v) is 6.65. The van der Waals surface area contributed by atoms with E-state index in [0.29, 0.717) is 43.4 Å². The van der Waals surface area contributed by atoms with Crippen LogP contribution in [0.3, 0.4) is 0 Å². The van der Waals surface area contributed by atoms with Crippen LogP contribution in [0.25, 0.3) is 6.08 Å². The van der Waals surface area contributed by atoms with Crippen LogP contribution < -0.4 is 29.1 Å². The Morgan fingerprint density at radius 1 is 1.06 bits per heavy atom. The van der Waals surface area contributed by atoms with Gasteiger partial charge in [0.2, 0.25) is 0 Å². The number of hydrogen-bond donors (Lipinski definition) is 0. The lowest BCUT2D eigenvalue weighted by atomic mass is 9.96. The second-order valence-corrected chi connectivity index (χ2v) is 8.69. The van der Waals surface area contributed by atoms with E-state index in [1.807, 2.05) is 12.1 Å². The van der Waals surface area contributed by atoms with E-state index in [0.717, 1.165) is 5.56 Å². The zero-order valence-electron chi connectivity index (χ0n) is 20.2. The molecule has 182 valence electrons. The maximum Gasteiger partial charge on any atom is 0.338 e. The van der Waals surface area contributed by atoms with E-state index in [2.05, 4.69) is 4.99 Å². The molecule has 4 rings (SSSR count). The molecule has 0 N–H and O–H groups in total. The fourth-order valence-electron chi connectivity index (χ4n) is 3.99. The van der Waals surface area contributed by atoms with Gasteiger partial charge in [-0.25, -0.2) is 9.79 Å². The van der Waals surface area contributed by atoms with Gasteiger partial charge in [-0.15, -0.1) is 0 Å². The summed E-state index contributed by atoms with van der Waals surface area (Å²) in [6, 6.07) is 11.9. The number of benzene rings is 2. The molecular weight excluding hydrogens is 468 g/mol. The Labute approximate surface area is 206 Å². The number of hydrogen-bond acceptors (Lipinski definition) is 8. The van der Waals surface area contributed by atoms with Gasteiger partial charge in [-0.1, -0.05) is 23.5 Å². The SMILES string of the molecule is CCOC(=O)C1=C(C)N=c2s/c(=C/c3cc(OC)ccc3OC)c(=O)n2[C@H]1c1ccc(OC)cc1. The molecule has 35 heavy (non-hydrogen) atoms. The van der Waals surface area contributed by atoms with Crippen molar-refractivity contribution in [2.75, 3.05) is 27.9 Å². The van der Waals surface area contributed by atoms with E-state index in [1.54, 1.807) is 76.2 Å². The van der Waals surface area contributed by atoms with Crippen molar-refractivity contribution in [1.29, 1.82) is 0 Å². The number of allylic oxidation sites excluding steroid dienone is 1. The summed E-state index contributed by atoms with van der Waals surface area (Å²) in [5.74, 6) is 1.41. The van der Waals surface area contributed by atoms with E-state index >= 15 is 0 Å². The topological polar surface area (TPSA) is 88.4 Å². The molecule has 9 heteroatoms. The van der Waals surface area contributed by atoms with Crippen molar-refractivity contribution in [2.45, 2.75) is 19.9 Å². The highest BCUT2D eigenvalue weighted by Crippen LogP contribution is 2.31. The minimum absolute atomic E-state index is 0.213. The van der Waals surface area contributed by atoms with Crippen LogP contribution in [-0.4, -0.2) is 38.5 Å². The van der Waals surface area contributed by atoms with Crippen LogP contribution in [0.2, 0.25) is 0 Å². The first-order valence-corrected chi connectivity index (χ1v) is 11.8. The number of carbonyl (C=O) groups is 1. The number of nitrogens with zero attached hydrogens (tertiary/aromatic N) is 2. The largest absolute Gasteiger partial charge is 0.497 e. The van der Waals surface area contributed by atoms with Crippen molar-refractivity contribution >= 4 is 23.4 Å². The standard InChI is InChI=1S/C26H26N2O6S/c1-6-34-25(30)22-15(2)27-26-28(23(22)16-7-9-18(31-3)10-8-16)24(29)21(35-26)14-17-13-19(32-4)11-12-20(17)33-5/h7-14,23H,6H2,1-5H3/b21-14+/t23-/m0/s1. The highest BCUT2D eigenvalue weighted by atomic mass is 32.1. The summed E-state index contributed by atoms with van der Waals surface area (Å²) in [7, 11) is 4.73. The van der Waals surface area contributed by atoms with Crippen LogP contribution in [0.4, 0.5) is 0 Å². The number of carbonyl (C=O) groups excluding carboxylic acids is 1. The average molecular weight is 495 g/mol. The highest BCUT2D eigenvalue weighted by molar-refractivity contribution is 7.07. The third-order valence-electron chi connectivity index (χ3n) is 5.67. The normalized spacial score (nSPS) is 15.3. The first-order chi connectivity index (χ1) is 16.9. The Balaban J connectivity index is 1.95. The van der Waals surface area contributed by atoms with Crippen LogP contribution in [-0.2, 0) is 9.53 Å². The number of fused-ring (bicyclic) bond motifs is 1. The Morgan fingerprint density at radius 3 is 2.37 bits per heavy atom. The summed E-state index contributed by atoms with van der Waals surface area (Å²) in [5.41, 5.74) is 2.01. The summed E-state index contributed by atoms with van der Waals surface area (Å²) >= 11 is 1.25. The molecule has 2 aromatic carbocycles. The monoisotopic (exact) mass is 494 g/mol. The molecule has 3 aromatic rings. The van der Waals surface area contributed by atoms with Gasteiger partial charge in [-0.3, -0.25) is 9.36 Å². The predicted molar refractivity (Wildman–Crippen MR) is 133 cm³/mol. The minimum atomic E-state index is -0.689. The highest BCUT2D eigenvalue weighted by Gasteiger charge is 2.33. The fourth-order valence-corrected chi connectivity index (χ4v) is 5.02. The molecule has 0 amide bonds. The van der Waals surface area contributed by atoms with Gasteiger partial charge in [-0.2, -0.15) is 0 Å². The summed E-state index contributed by atoms with van der Waals surface area (Å²) in [5, 5.41) is 0. The van der Waals surface area contributed by atoms with E-state index in [4.69, 9.17) is 18.9 Å². The molecule has 0 saturated carbocycles. The van der Waals surface area contributed by atoms with E-state index in [-0.39, 0.29) is 12.2 Å². The van der Waals surface area contributed by atoms with Crippen LogP contribution in [0.1, 0.15) is 31.0 Å². The maximum absolute atomic E-state index is 13.7. The fraction of sp³-hybridized carbons (Fsp3) is 0.269. The molecule has 1 atom stereocenters. The van der Waals surface area contributed by atoms with Crippen LogP contribution in [0, 0.1) is 0 Å². The van der Waals surface area contributed by atoms with Gasteiger partial charge in [0.15, 0.2) is 4.80 Å². The molecule has 8 nitrogen and oxygen atoms in total. The van der Waals surface area contributed by atoms with Crippen LogP contribution >= 0.6 is 11.3 Å². The molecule has 1 aromatic heterocycles. The van der Waals surface area contributed by atoms with Gasteiger partial charge in [-0.05, 0) is 55.8 Å². The molecule has 0 fully saturated rings. The zero-order valence-corrected chi connectivity index (χ0v) is 21.0. The quantitative estimate of drug-likeness (QED) is 0.470. The Morgan fingerprint density at radius 2 is 1.74 bits per heavy atom. The number of ether oxygens (including phenoxy) is 4. The number of thiazole rings is 1. The Bertz CT molecular complexity index is 1470. The summed E-state index contributed by atoms with van der Waals surface area (Å²) < 4.78 is 23.4. The van der Waals surface area contributed by atoms with Crippen molar-refractivity contribution in [3.63, 3.8) is 0 Å². The first-order valence-electron chi connectivity index (χ1n) is 11.0. The molecule has 0 aliphatic carbocycles. The molecule has 0 radical (unpaired) electrons. The number of esters is 1. The molecule has 0 saturated heterocycles. The smallest absolute Gasteiger partial charge is 0.338 e. The maximum atomic E-state index is 13.7. The zero-order chi connectivity index (χ0) is 25.1. The second-order valence-electron chi connectivity index (χ2n) is 7.68. The lowest BCUT2D eigenvalue weighted by Gasteiger charge is -2.24. The lowest BCUT2D eigenvalue weighted by molar-refractivity contribution is -0.139. The van der Waals surface area contributed by atoms with Gasteiger partial charge in [0.25, 0.3) is 5.56 Å². The van der Waals surface area contributed by atoms with Gasteiger partial charge in [0.1, 0.15) is 17.2 Å². The van der Waals surface area contributed by atoms with Crippen molar-refractivity contribution in [2.24, 2.45) is 4.99 Å². The van der Waals surface area contributed by atoms with E-state index in [9.17, 15) is 9.59 Å². The van der Waals surface area contributed by atoms with Crippen molar-refractivity contribution in [1.82, 2.24) is 4.57 Å². The van der Waals surface area contributed by atoms with E-state index in [1.165, 1.54) is 11.3 Å². The summed E-state index contributed by atoms with van der Waals surface area (Å²) in [6.07, 6.45) is 1.75. The lowest BCUT2D eigenvalue weighted by Crippen LogP contribution is -2.39. The van der Waals surface area contributed by atoms with E-state index < -0.39 is 12.0 Å². The molecule has 0 spiro atoms. The first kappa shape index (κ1) is 24.3. The van der Waals surface area contributed by atoms with Gasteiger partial charge in [0.05, 0.1) is 49.8 Å². The molecule has 0 unspecified atom stereocenters. The number of rotatable bonds is 7. The molecule has 0 bridgehead atoms. The van der Waals surface area contributed by atoms with Gasteiger partial charge < -0.3 is 18.9 Å². The number of methoxy groups -OCH3 is 3. The van der Waals surface area contributed by atoms with Crippen LogP contribution in [0.5, 0.6) is 17.2 Å². The van der Waals surface area contributed by atoms with Crippen molar-refractivity contribution < 1.29 is 23.7 Å². The molecular formula is C26H26N2O6S. The summed E-state index contributed by atoms with van der Waals surface area (Å²) in [6.45, 7) is 3.71. The van der Waals surface area contributed by atoms with Crippen LogP contribution in [0.15, 0.2) is 63.5 Å². The molecule has 2 heterocycles. The minimum Gasteiger partial charge on any atom is -0.497 e. The van der Waals surface area contributed by atoms with Gasteiger partial charge >= 0.3 is 5.97 Å². The van der Waals surface area contributed by atoms with Crippen molar-refractivity contribution in [3.05, 3.63) is 84.5 Å². The number of aromatic nitrogens is 1. The molecule has 1 aliphatic heterocycles. The average Bonchev–Trinajstić information content (AvgIpc) is 3.17.